The third-order valence-electron chi connectivity index (χ3n) is 3.17. The van der Waals surface area contributed by atoms with Crippen molar-refractivity contribution in [2.45, 2.75) is 26.3 Å². The van der Waals surface area contributed by atoms with Crippen molar-refractivity contribution < 1.29 is 9.90 Å². The van der Waals surface area contributed by atoms with Gasteiger partial charge in [-0.05, 0) is 39.9 Å². The summed E-state index contributed by atoms with van der Waals surface area (Å²) in [6.07, 6.45) is 3.98. The molecule has 0 spiro atoms. The van der Waals surface area contributed by atoms with Gasteiger partial charge >= 0.3 is 0 Å². The molecule has 1 heterocycles. The SMILES string of the molecule is CC(C)N(C)CCCNC(=O)c1cncc(C#CCO)c1. The van der Waals surface area contributed by atoms with Crippen molar-refractivity contribution in [3.05, 3.63) is 29.6 Å². The molecular weight excluding hydrogens is 266 g/mol. The van der Waals surface area contributed by atoms with Crippen LogP contribution in [-0.2, 0) is 0 Å². The Kier molecular flexibility index (Phi) is 7.44. The first kappa shape index (κ1) is 17.2. The zero-order chi connectivity index (χ0) is 15.7. The number of carbonyl (C=O) groups is 1. The Morgan fingerprint density at radius 1 is 1.48 bits per heavy atom. The molecule has 0 radical (unpaired) electrons. The molecule has 0 fully saturated rings. The minimum atomic E-state index is -0.209. The monoisotopic (exact) mass is 289 g/mol. The van der Waals surface area contributed by atoms with Gasteiger partial charge in [0.25, 0.3) is 5.91 Å². The summed E-state index contributed by atoms with van der Waals surface area (Å²) in [6.45, 7) is 5.65. The maximum absolute atomic E-state index is 12.0. The van der Waals surface area contributed by atoms with Crippen LogP contribution in [0, 0.1) is 11.8 Å². The topological polar surface area (TPSA) is 65.5 Å². The van der Waals surface area contributed by atoms with Crippen LogP contribution in [0.1, 0.15) is 36.2 Å². The fraction of sp³-hybridized carbons (Fsp3) is 0.500. The number of aromatic nitrogens is 1. The molecule has 5 heteroatoms. The molecule has 1 amide bonds. The quantitative estimate of drug-likeness (QED) is 0.603. The average Bonchev–Trinajstić information content (AvgIpc) is 2.49. The van der Waals surface area contributed by atoms with Gasteiger partial charge in [-0.25, -0.2) is 0 Å². The highest BCUT2D eigenvalue weighted by atomic mass is 16.2. The highest BCUT2D eigenvalue weighted by molar-refractivity contribution is 5.94. The zero-order valence-corrected chi connectivity index (χ0v) is 12.9. The van der Waals surface area contributed by atoms with Crippen molar-refractivity contribution in [3.8, 4) is 11.8 Å². The van der Waals surface area contributed by atoms with E-state index in [0.717, 1.165) is 13.0 Å². The van der Waals surface area contributed by atoms with E-state index in [1.165, 1.54) is 6.20 Å². The lowest BCUT2D eigenvalue weighted by Crippen LogP contribution is -2.31. The van der Waals surface area contributed by atoms with Crippen molar-refractivity contribution >= 4 is 5.91 Å². The number of hydrogen-bond donors (Lipinski definition) is 2. The highest BCUT2D eigenvalue weighted by Crippen LogP contribution is 2.01. The van der Waals surface area contributed by atoms with Crippen LogP contribution in [-0.4, -0.2) is 53.7 Å². The maximum Gasteiger partial charge on any atom is 0.252 e. The molecular formula is C16H23N3O2. The third-order valence-corrected chi connectivity index (χ3v) is 3.17. The molecule has 0 aliphatic carbocycles. The van der Waals surface area contributed by atoms with Crippen molar-refractivity contribution in [2.75, 3.05) is 26.7 Å². The number of hydrogen-bond acceptors (Lipinski definition) is 4. The number of aliphatic hydroxyl groups is 1. The van der Waals surface area contributed by atoms with Crippen LogP contribution >= 0.6 is 0 Å². The van der Waals surface area contributed by atoms with Gasteiger partial charge in [-0.3, -0.25) is 9.78 Å². The van der Waals surface area contributed by atoms with E-state index in [9.17, 15) is 4.79 Å². The van der Waals surface area contributed by atoms with Gasteiger partial charge in [0.15, 0.2) is 0 Å². The van der Waals surface area contributed by atoms with E-state index in [2.05, 4.69) is 47.9 Å². The van der Waals surface area contributed by atoms with Gasteiger partial charge in [-0.1, -0.05) is 11.8 Å². The van der Waals surface area contributed by atoms with Crippen LogP contribution in [0.5, 0.6) is 0 Å². The largest absolute Gasteiger partial charge is 0.384 e. The summed E-state index contributed by atoms with van der Waals surface area (Å²) in [4.78, 5) is 18.2. The molecule has 0 unspecified atom stereocenters. The molecule has 1 aromatic rings. The standard InChI is InChI=1S/C16H23N3O2/c1-13(2)19(3)8-5-7-18-16(21)15-10-14(6-4-9-20)11-17-12-15/h10-13,20H,5,7-9H2,1-3H3,(H,18,21). The first-order chi connectivity index (χ1) is 10.0. The summed E-state index contributed by atoms with van der Waals surface area (Å²) >= 11 is 0. The minimum Gasteiger partial charge on any atom is -0.384 e. The van der Waals surface area contributed by atoms with E-state index < -0.39 is 0 Å². The van der Waals surface area contributed by atoms with Crippen molar-refractivity contribution in [1.82, 2.24) is 15.2 Å². The van der Waals surface area contributed by atoms with Crippen LogP contribution in [0.4, 0.5) is 0 Å². The molecule has 0 saturated heterocycles. The lowest BCUT2D eigenvalue weighted by atomic mass is 10.2. The molecule has 0 atom stereocenters. The Balaban J connectivity index is 2.45. The predicted molar refractivity (Wildman–Crippen MR) is 82.9 cm³/mol. The van der Waals surface area contributed by atoms with Gasteiger partial charge in [-0.15, -0.1) is 0 Å². The number of amides is 1. The molecule has 0 aliphatic heterocycles. The highest BCUT2D eigenvalue weighted by Gasteiger charge is 2.07. The number of nitrogens with one attached hydrogen (secondary N) is 1. The van der Waals surface area contributed by atoms with Gasteiger partial charge in [0.05, 0.1) is 5.56 Å². The Morgan fingerprint density at radius 2 is 2.24 bits per heavy atom. The summed E-state index contributed by atoms with van der Waals surface area (Å²) in [7, 11) is 2.07. The second kappa shape index (κ2) is 9.11. The molecule has 0 aromatic carbocycles. The first-order valence-electron chi connectivity index (χ1n) is 7.07. The number of carbonyl (C=O) groups excluding carboxylic acids is 1. The summed E-state index contributed by atoms with van der Waals surface area (Å²) in [6, 6.07) is 2.18. The van der Waals surface area contributed by atoms with Gasteiger partial charge in [0, 0.05) is 30.5 Å². The predicted octanol–water partition coefficient (Wildman–Crippen LogP) is 0.885. The molecule has 1 rings (SSSR count). The Bertz CT molecular complexity index is 518. The van der Waals surface area contributed by atoms with Crippen LogP contribution in [0.25, 0.3) is 0 Å². The molecule has 2 N–H and O–H groups in total. The van der Waals surface area contributed by atoms with E-state index in [-0.39, 0.29) is 12.5 Å². The second-order valence-electron chi connectivity index (χ2n) is 5.11. The van der Waals surface area contributed by atoms with E-state index in [1.54, 1.807) is 12.3 Å². The summed E-state index contributed by atoms with van der Waals surface area (Å²) in [5, 5.41) is 11.5. The molecule has 0 saturated carbocycles. The number of pyridine rings is 1. The molecule has 5 nitrogen and oxygen atoms in total. The molecule has 0 bridgehead atoms. The van der Waals surface area contributed by atoms with Crippen LogP contribution < -0.4 is 5.32 Å². The normalized spacial score (nSPS) is 10.4. The summed E-state index contributed by atoms with van der Waals surface area (Å²) in [5.41, 5.74) is 1.10. The van der Waals surface area contributed by atoms with Crippen molar-refractivity contribution in [2.24, 2.45) is 0 Å². The third kappa shape index (κ3) is 6.39. The van der Waals surface area contributed by atoms with E-state index in [4.69, 9.17) is 5.11 Å². The summed E-state index contributed by atoms with van der Waals surface area (Å²) < 4.78 is 0. The number of rotatable bonds is 6. The number of nitrogens with zero attached hydrogens (tertiary/aromatic N) is 2. The fourth-order valence-electron chi connectivity index (χ4n) is 1.66. The zero-order valence-electron chi connectivity index (χ0n) is 12.9. The number of aliphatic hydroxyl groups excluding tert-OH is 1. The van der Waals surface area contributed by atoms with Gasteiger partial charge in [-0.2, -0.15) is 0 Å². The van der Waals surface area contributed by atoms with E-state index >= 15 is 0 Å². The molecule has 1 aromatic heterocycles. The van der Waals surface area contributed by atoms with Crippen LogP contribution in [0.3, 0.4) is 0 Å². The van der Waals surface area contributed by atoms with Crippen molar-refractivity contribution in [1.29, 1.82) is 0 Å². The molecule has 0 aliphatic rings. The average molecular weight is 289 g/mol. The fourth-order valence-corrected chi connectivity index (χ4v) is 1.66. The Morgan fingerprint density at radius 3 is 2.90 bits per heavy atom. The lowest BCUT2D eigenvalue weighted by Gasteiger charge is -2.20. The van der Waals surface area contributed by atoms with E-state index in [1.807, 2.05) is 0 Å². The van der Waals surface area contributed by atoms with Crippen LogP contribution in [0.2, 0.25) is 0 Å². The van der Waals surface area contributed by atoms with Gasteiger partial charge in [0.1, 0.15) is 6.61 Å². The molecule has 21 heavy (non-hydrogen) atoms. The Labute approximate surface area is 126 Å². The second-order valence-corrected chi connectivity index (χ2v) is 5.11. The lowest BCUT2D eigenvalue weighted by molar-refractivity contribution is 0.0951. The maximum atomic E-state index is 12.0. The van der Waals surface area contributed by atoms with Gasteiger partial charge < -0.3 is 15.3 Å². The van der Waals surface area contributed by atoms with E-state index in [0.29, 0.717) is 23.7 Å². The van der Waals surface area contributed by atoms with Gasteiger partial charge in [0.2, 0.25) is 0 Å². The Hall–Kier alpha value is -1.90. The first-order valence-corrected chi connectivity index (χ1v) is 7.07. The summed E-state index contributed by atoms with van der Waals surface area (Å²) in [5.74, 6) is 5.12. The molecule has 114 valence electrons. The minimum absolute atomic E-state index is 0.151. The van der Waals surface area contributed by atoms with Crippen molar-refractivity contribution in [3.63, 3.8) is 0 Å². The van der Waals surface area contributed by atoms with Crippen LogP contribution in [0.15, 0.2) is 18.5 Å². The smallest absolute Gasteiger partial charge is 0.252 e.